The summed E-state index contributed by atoms with van der Waals surface area (Å²) >= 11 is 6.19. The van der Waals surface area contributed by atoms with Crippen molar-refractivity contribution in [3.63, 3.8) is 0 Å². The minimum absolute atomic E-state index is 0.431. The number of hydrogen-bond acceptors (Lipinski definition) is 2. The fraction of sp³-hybridized carbons (Fsp3) is 0.500. The Morgan fingerprint density at radius 2 is 2.00 bits per heavy atom. The molecule has 1 aromatic carbocycles. The van der Waals surface area contributed by atoms with Crippen LogP contribution in [0.15, 0.2) is 18.2 Å². The second-order valence-electron chi connectivity index (χ2n) is 4.87. The maximum atomic E-state index is 8.80. The second kappa shape index (κ2) is 5.93. The van der Waals surface area contributed by atoms with Gasteiger partial charge in [-0.15, -0.1) is 0 Å². The molecule has 0 spiro atoms. The van der Waals surface area contributed by atoms with Crippen molar-refractivity contribution in [3.8, 4) is 6.07 Å². The van der Waals surface area contributed by atoms with Crippen LogP contribution in [0.3, 0.4) is 0 Å². The van der Waals surface area contributed by atoms with Gasteiger partial charge in [0, 0.05) is 13.1 Å². The van der Waals surface area contributed by atoms with Gasteiger partial charge in [-0.2, -0.15) is 5.26 Å². The first-order valence-corrected chi connectivity index (χ1v) is 6.26. The molecule has 0 aliphatic heterocycles. The molecule has 0 amide bonds. The van der Waals surface area contributed by atoms with Crippen molar-refractivity contribution >= 4 is 17.3 Å². The third-order valence-corrected chi connectivity index (χ3v) is 3.23. The van der Waals surface area contributed by atoms with Crippen LogP contribution in [-0.2, 0) is 0 Å². The molecule has 0 saturated heterocycles. The van der Waals surface area contributed by atoms with Crippen LogP contribution in [0.2, 0.25) is 5.02 Å². The lowest BCUT2D eigenvalue weighted by Gasteiger charge is -2.29. The van der Waals surface area contributed by atoms with Crippen molar-refractivity contribution in [1.29, 1.82) is 5.26 Å². The lowest BCUT2D eigenvalue weighted by molar-refractivity contribution is 0.504. The van der Waals surface area contributed by atoms with Crippen LogP contribution >= 0.6 is 11.6 Å². The molecular formula is C14H19ClN2. The van der Waals surface area contributed by atoms with Crippen LogP contribution in [0.25, 0.3) is 0 Å². The highest BCUT2D eigenvalue weighted by Gasteiger charge is 2.14. The second-order valence-corrected chi connectivity index (χ2v) is 5.27. The molecule has 0 aliphatic carbocycles. The number of hydrogen-bond donors (Lipinski definition) is 0. The maximum absolute atomic E-state index is 8.80. The van der Waals surface area contributed by atoms with E-state index in [0.29, 0.717) is 22.5 Å². The number of benzene rings is 1. The van der Waals surface area contributed by atoms with Gasteiger partial charge in [0.15, 0.2) is 0 Å². The molecule has 17 heavy (non-hydrogen) atoms. The Morgan fingerprint density at radius 1 is 1.35 bits per heavy atom. The summed E-state index contributed by atoms with van der Waals surface area (Å²) in [5.74, 6) is 0.657. The Kier molecular flexibility index (Phi) is 4.84. The Bertz CT molecular complexity index is 421. The van der Waals surface area contributed by atoms with Gasteiger partial charge in [0.1, 0.15) is 0 Å². The summed E-state index contributed by atoms with van der Waals surface area (Å²) in [4.78, 5) is 2.17. The number of rotatable bonds is 4. The Hall–Kier alpha value is -1.20. The summed E-state index contributed by atoms with van der Waals surface area (Å²) < 4.78 is 0. The van der Waals surface area contributed by atoms with E-state index in [-0.39, 0.29) is 0 Å². The number of nitriles is 1. The molecule has 1 aromatic rings. The lowest BCUT2D eigenvalue weighted by Crippen LogP contribution is -2.30. The van der Waals surface area contributed by atoms with Crippen LogP contribution in [0, 0.1) is 17.2 Å². The Labute approximate surface area is 109 Å². The first kappa shape index (κ1) is 13.9. The highest BCUT2D eigenvalue weighted by atomic mass is 35.5. The van der Waals surface area contributed by atoms with Crippen molar-refractivity contribution in [2.24, 2.45) is 5.92 Å². The molecule has 0 radical (unpaired) electrons. The van der Waals surface area contributed by atoms with Crippen molar-refractivity contribution < 1.29 is 0 Å². The summed E-state index contributed by atoms with van der Waals surface area (Å²) in [5.41, 5.74) is 1.59. The Morgan fingerprint density at radius 3 is 2.47 bits per heavy atom. The summed E-state index contributed by atoms with van der Waals surface area (Å²) in [7, 11) is 2.04. The van der Waals surface area contributed by atoms with Crippen LogP contribution in [-0.4, -0.2) is 13.1 Å². The predicted molar refractivity (Wildman–Crippen MR) is 73.5 cm³/mol. The quantitative estimate of drug-likeness (QED) is 0.805. The van der Waals surface area contributed by atoms with Gasteiger partial charge in [-0.25, -0.2) is 0 Å². The van der Waals surface area contributed by atoms with Crippen molar-refractivity contribution in [2.45, 2.75) is 33.2 Å². The number of anilines is 1. The molecule has 0 fully saturated rings. The van der Waals surface area contributed by atoms with Gasteiger partial charge in [0.25, 0.3) is 0 Å². The van der Waals surface area contributed by atoms with E-state index in [1.165, 1.54) is 0 Å². The molecule has 0 saturated carbocycles. The normalized spacial score (nSPS) is 12.3. The van der Waals surface area contributed by atoms with E-state index in [1.54, 1.807) is 12.1 Å². The zero-order chi connectivity index (χ0) is 13.0. The van der Waals surface area contributed by atoms with E-state index in [9.17, 15) is 0 Å². The zero-order valence-electron chi connectivity index (χ0n) is 10.9. The average Bonchev–Trinajstić information content (AvgIpc) is 2.27. The third kappa shape index (κ3) is 3.64. The van der Waals surface area contributed by atoms with Crippen molar-refractivity contribution in [1.82, 2.24) is 0 Å². The first-order valence-electron chi connectivity index (χ1n) is 5.88. The molecule has 92 valence electrons. The molecule has 0 N–H and O–H groups in total. The summed E-state index contributed by atoms with van der Waals surface area (Å²) in [6.45, 7) is 6.62. The highest BCUT2D eigenvalue weighted by molar-refractivity contribution is 6.33. The van der Waals surface area contributed by atoms with Crippen LogP contribution in [0.5, 0.6) is 0 Å². The van der Waals surface area contributed by atoms with E-state index in [1.807, 2.05) is 13.1 Å². The molecule has 0 aliphatic rings. The van der Waals surface area contributed by atoms with E-state index >= 15 is 0 Å². The molecule has 0 bridgehead atoms. The number of halogens is 1. The minimum atomic E-state index is 0.431. The van der Waals surface area contributed by atoms with Crippen LogP contribution in [0.4, 0.5) is 5.69 Å². The summed E-state index contributed by atoms with van der Waals surface area (Å²) in [6, 6.07) is 7.96. The fourth-order valence-corrected chi connectivity index (χ4v) is 2.25. The topological polar surface area (TPSA) is 27.0 Å². The van der Waals surface area contributed by atoms with Gasteiger partial charge in [0.2, 0.25) is 0 Å². The van der Waals surface area contributed by atoms with E-state index in [4.69, 9.17) is 16.9 Å². The number of nitrogens with zero attached hydrogens (tertiary/aromatic N) is 2. The molecule has 0 heterocycles. The highest BCUT2D eigenvalue weighted by Crippen LogP contribution is 2.28. The van der Waals surface area contributed by atoms with Gasteiger partial charge in [-0.05, 0) is 37.5 Å². The monoisotopic (exact) mass is 250 g/mol. The summed E-state index contributed by atoms with van der Waals surface area (Å²) in [6.07, 6.45) is 1.12. The van der Waals surface area contributed by atoms with Gasteiger partial charge in [0.05, 0.1) is 22.3 Å². The predicted octanol–water partition coefficient (Wildman–Crippen LogP) is 4.08. The standard InChI is InChI=1S/C14H19ClN2/c1-10(2)7-11(3)17(4)14-6-5-12(9-16)8-13(14)15/h5-6,8,10-11H,7H2,1-4H3. The van der Waals surface area contributed by atoms with Gasteiger partial charge in [-0.3, -0.25) is 0 Å². The van der Waals surface area contributed by atoms with Crippen LogP contribution < -0.4 is 4.90 Å². The smallest absolute Gasteiger partial charge is 0.0992 e. The zero-order valence-corrected chi connectivity index (χ0v) is 11.6. The van der Waals surface area contributed by atoms with E-state index < -0.39 is 0 Å². The fourth-order valence-electron chi connectivity index (χ4n) is 1.94. The van der Waals surface area contributed by atoms with Crippen molar-refractivity contribution in [2.75, 3.05) is 11.9 Å². The van der Waals surface area contributed by atoms with E-state index in [2.05, 4.69) is 31.7 Å². The van der Waals surface area contributed by atoms with Crippen molar-refractivity contribution in [3.05, 3.63) is 28.8 Å². The molecular weight excluding hydrogens is 232 g/mol. The van der Waals surface area contributed by atoms with Gasteiger partial charge in [-0.1, -0.05) is 25.4 Å². The minimum Gasteiger partial charge on any atom is -0.371 e. The average molecular weight is 251 g/mol. The first-order chi connectivity index (χ1) is 7.95. The lowest BCUT2D eigenvalue weighted by atomic mass is 10.0. The molecule has 1 rings (SSSR count). The molecule has 1 unspecified atom stereocenters. The van der Waals surface area contributed by atoms with E-state index in [0.717, 1.165) is 12.1 Å². The SMILES string of the molecule is CC(C)CC(C)N(C)c1ccc(C#N)cc1Cl. The maximum Gasteiger partial charge on any atom is 0.0992 e. The van der Waals surface area contributed by atoms with Crippen LogP contribution in [0.1, 0.15) is 32.8 Å². The molecule has 1 atom stereocenters. The van der Waals surface area contributed by atoms with Gasteiger partial charge < -0.3 is 4.90 Å². The molecule has 3 heteroatoms. The summed E-state index contributed by atoms with van der Waals surface area (Å²) in [5, 5.41) is 9.44. The third-order valence-electron chi connectivity index (χ3n) is 2.93. The largest absolute Gasteiger partial charge is 0.371 e. The molecule has 0 aromatic heterocycles. The molecule has 2 nitrogen and oxygen atoms in total. The van der Waals surface area contributed by atoms with Gasteiger partial charge >= 0.3 is 0 Å². The Balaban J connectivity index is 2.89.